The number of aromatic hydroxyl groups is 1. The maximum atomic E-state index is 14.6. The fraction of sp³-hybridized carbons (Fsp3) is 0.600. The summed E-state index contributed by atoms with van der Waals surface area (Å²) in [4.78, 5) is 78.5. The number of hydroxylamine groups is 2. The van der Waals surface area contributed by atoms with Crippen LogP contribution < -0.4 is 10.6 Å². The monoisotopic (exact) mass is 801 g/mol. The number of piperidine rings is 1. The number of likely N-dealkylation sites (N-methyl/N-ethyl adjacent to an activating group) is 1. The van der Waals surface area contributed by atoms with Crippen molar-refractivity contribution in [2.45, 2.75) is 111 Å². The van der Waals surface area contributed by atoms with E-state index in [1.165, 1.54) is 36.4 Å². The van der Waals surface area contributed by atoms with Crippen LogP contribution in [0.25, 0.3) is 6.08 Å². The number of thiazole rings is 1. The predicted molar refractivity (Wildman–Crippen MR) is 211 cm³/mol. The van der Waals surface area contributed by atoms with E-state index < -0.39 is 47.9 Å². The third-order valence-electron chi connectivity index (χ3n) is 9.92. The fourth-order valence-electron chi connectivity index (χ4n) is 6.37. The third kappa shape index (κ3) is 13.7. The summed E-state index contributed by atoms with van der Waals surface area (Å²) in [5.74, 6) is -4.24. The number of phenolic OH excluding ortho intramolecular Hbond substituents is 1. The zero-order chi connectivity index (χ0) is 41.5. The van der Waals surface area contributed by atoms with Gasteiger partial charge < -0.3 is 30.7 Å². The molecule has 1 aromatic carbocycles. The minimum absolute atomic E-state index is 0.000678. The minimum Gasteiger partial charge on any atom is -0.508 e. The number of carboxylic acids is 1. The molecule has 1 aliphatic rings. The van der Waals surface area contributed by atoms with Crippen LogP contribution in [0.2, 0.25) is 0 Å². The Morgan fingerprint density at radius 3 is 2.39 bits per heavy atom. The maximum Gasteiger partial charge on any atom is 0.306 e. The van der Waals surface area contributed by atoms with Crippen molar-refractivity contribution < 1.29 is 48.9 Å². The number of phenols is 1. The molecule has 3 amide bonds. The Balaban J connectivity index is 1.94. The number of esters is 1. The number of hydrogen-bond donors (Lipinski definition) is 5. The van der Waals surface area contributed by atoms with Crippen LogP contribution in [0.1, 0.15) is 114 Å². The molecule has 6 atom stereocenters. The summed E-state index contributed by atoms with van der Waals surface area (Å²) in [6.07, 6.45) is 4.07. The van der Waals surface area contributed by atoms with Crippen LogP contribution in [0.5, 0.6) is 5.75 Å². The summed E-state index contributed by atoms with van der Waals surface area (Å²) in [5, 5.41) is 37.6. The van der Waals surface area contributed by atoms with E-state index in [0.29, 0.717) is 24.1 Å². The van der Waals surface area contributed by atoms with Crippen molar-refractivity contribution in [3.63, 3.8) is 0 Å². The highest BCUT2D eigenvalue weighted by molar-refractivity contribution is 7.09. The number of aliphatic carboxylic acids is 1. The maximum absolute atomic E-state index is 14.6. The average molecular weight is 802 g/mol. The lowest BCUT2D eigenvalue weighted by Gasteiger charge is -2.39. The Bertz CT molecular complexity index is 1650. The van der Waals surface area contributed by atoms with Crippen molar-refractivity contribution >= 4 is 47.1 Å². The topological polar surface area (TPSA) is 208 Å². The zero-order valence-corrected chi connectivity index (χ0v) is 34.3. The van der Waals surface area contributed by atoms with Crippen LogP contribution in [0.3, 0.4) is 0 Å². The lowest BCUT2D eigenvalue weighted by molar-refractivity contribution is -0.214. The van der Waals surface area contributed by atoms with E-state index in [1.807, 2.05) is 39.6 Å². The smallest absolute Gasteiger partial charge is 0.306 e. The van der Waals surface area contributed by atoms with E-state index in [4.69, 9.17) is 9.57 Å². The van der Waals surface area contributed by atoms with Gasteiger partial charge in [-0.05, 0) is 68.5 Å². The molecule has 0 radical (unpaired) electrons. The number of hydrogen-bond acceptors (Lipinski definition) is 12. The molecule has 1 aromatic heterocycles. The van der Waals surface area contributed by atoms with Gasteiger partial charge in [0, 0.05) is 37.4 Å². The molecular weight excluding hydrogens is 743 g/mol. The molecule has 310 valence electrons. The lowest BCUT2D eigenvalue weighted by Crippen LogP contribution is -2.58. The van der Waals surface area contributed by atoms with Crippen molar-refractivity contribution in [2.24, 2.45) is 17.8 Å². The molecule has 3 rings (SSSR count). The second kappa shape index (κ2) is 22.4. The molecule has 56 heavy (non-hydrogen) atoms. The first kappa shape index (κ1) is 46.0. The molecule has 1 aliphatic heterocycles. The SMILES string of the molecule is CC[C@H](C)[C@H](NC(=O)[C@H]1CCCCN1C)C(=O)N(OCCCO)[C@H](C[C@@H](OC(C)=O)c1nc(C(=O)N/C(=C/c2ccc(O)cc2)C[C@H](C)C(=O)O)cs1)C(C)C. The van der Waals surface area contributed by atoms with E-state index >= 15 is 0 Å². The number of likely N-dealkylation sites (tertiary alicyclic amines) is 1. The summed E-state index contributed by atoms with van der Waals surface area (Å²) < 4.78 is 5.77. The number of amides is 3. The quantitative estimate of drug-likeness (QED) is 0.0649. The summed E-state index contributed by atoms with van der Waals surface area (Å²) in [6.45, 7) is 11.0. The second-order valence-corrected chi connectivity index (χ2v) is 15.7. The van der Waals surface area contributed by atoms with Crippen LogP contribution in [0.4, 0.5) is 0 Å². The Kier molecular flexibility index (Phi) is 18.4. The molecule has 16 heteroatoms. The van der Waals surface area contributed by atoms with Gasteiger partial charge in [-0.3, -0.25) is 33.7 Å². The standard InChI is InChI=1S/C40H59N5O10S/c1-8-25(4)35(43-37(50)32-12-9-10-17-44(32)7)39(51)45(54-19-11-18-46)33(24(2)3)22-34(55-27(6)47)38-42-31(23-56-38)36(49)41-29(20-26(5)40(52)53)21-28-13-15-30(48)16-14-28/h13-16,21,23-26,32-35,46,48H,8-12,17-20,22H2,1-7H3,(H,41,49)(H,43,50)(H,52,53)/b29-21+/t25-,26-,32+,33+,34+,35-/m0/s1. The number of ether oxygens (including phenoxy) is 1. The first-order valence-corrected chi connectivity index (χ1v) is 20.2. The number of nitrogens with zero attached hydrogens (tertiary/aromatic N) is 3. The molecule has 0 bridgehead atoms. The molecule has 2 heterocycles. The first-order chi connectivity index (χ1) is 26.6. The van der Waals surface area contributed by atoms with Crippen molar-refractivity contribution in [1.82, 2.24) is 25.6 Å². The van der Waals surface area contributed by atoms with Crippen LogP contribution in [-0.2, 0) is 28.8 Å². The lowest BCUT2D eigenvalue weighted by atomic mass is 9.93. The number of aromatic nitrogens is 1. The minimum atomic E-state index is -1.04. The number of nitrogens with one attached hydrogen (secondary N) is 2. The summed E-state index contributed by atoms with van der Waals surface area (Å²) in [6, 6.07) is 4.20. The number of benzene rings is 1. The van der Waals surface area contributed by atoms with Gasteiger partial charge in [0.2, 0.25) is 5.91 Å². The molecule has 15 nitrogen and oxygen atoms in total. The summed E-state index contributed by atoms with van der Waals surface area (Å²) in [7, 11) is 1.90. The van der Waals surface area contributed by atoms with Gasteiger partial charge in [0.15, 0.2) is 6.10 Å². The van der Waals surface area contributed by atoms with Crippen molar-refractivity contribution in [1.29, 1.82) is 0 Å². The van der Waals surface area contributed by atoms with E-state index in [9.17, 15) is 39.3 Å². The highest BCUT2D eigenvalue weighted by atomic mass is 32.1. The highest BCUT2D eigenvalue weighted by Gasteiger charge is 2.40. The molecule has 0 aliphatic carbocycles. The fourth-order valence-corrected chi connectivity index (χ4v) is 7.21. The summed E-state index contributed by atoms with van der Waals surface area (Å²) >= 11 is 1.08. The van der Waals surface area contributed by atoms with Crippen LogP contribution in [-0.4, -0.2) is 105 Å². The number of carbonyl (C=O) groups excluding carboxylic acids is 4. The van der Waals surface area contributed by atoms with Gasteiger partial charge in [-0.15, -0.1) is 11.3 Å². The number of carboxylic acid groups (broad SMARTS) is 1. The van der Waals surface area contributed by atoms with Gasteiger partial charge >= 0.3 is 11.9 Å². The number of allylic oxidation sites excluding steroid dienone is 1. The van der Waals surface area contributed by atoms with Crippen molar-refractivity contribution in [3.05, 3.63) is 51.6 Å². The summed E-state index contributed by atoms with van der Waals surface area (Å²) in [5.41, 5.74) is 0.942. The van der Waals surface area contributed by atoms with Crippen LogP contribution in [0.15, 0.2) is 35.3 Å². The van der Waals surface area contributed by atoms with Crippen LogP contribution in [0, 0.1) is 17.8 Å². The first-order valence-electron chi connectivity index (χ1n) is 19.3. The predicted octanol–water partition coefficient (Wildman–Crippen LogP) is 4.91. The number of aliphatic hydroxyl groups is 1. The Labute approximate surface area is 333 Å². The van der Waals surface area contributed by atoms with Gasteiger partial charge in [-0.2, -0.15) is 0 Å². The Hall–Kier alpha value is -4.38. The molecule has 1 fully saturated rings. The molecule has 0 spiro atoms. The van der Waals surface area contributed by atoms with Gasteiger partial charge in [0.05, 0.1) is 24.6 Å². The largest absolute Gasteiger partial charge is 0.508 e. The normalized spacial score (nSPS) is 17.7. The van der Waals surface area contributed by atoms with E-state index in [2.05, 4.69) is 15.6 Å². The molecule has 1 saturated heterocycles. The van der Waals surface area contributed by atoms with Gasteiger partial charge in [0.25, 0.3) is 11.8 Å². The van der Waals surface area contributed by atoms with Crippen molar-refractivity contribution in [2.75, 3.05) is 26.8 Å². The zero-order valence-electron chi connectivity index (χ0n) is 33.5. The molecular formula is C40H59N5O10S. The number of carbonyl (C=O) groups is 5. The van der Waals surface area contributed by atoms with E-state index in [-0.39, 0.29) is 72.7 Å². The van der Waals surface area contributed by atoms with E-state index in [1.54, 1.807) is 18.2 Å². The Morgan fingerprint density at radius 1 is 1.11 bits per heavy atom. The van der Waals surface area contributed by atoms with Crippen molar-refractivity contribution in [3.8, 4) is 5.75 Å². The molecule has 0 unspecified atom stereocenters. The molecule has 5 N–H and O–H groups in total. The van der Waals surface area contributed by atoms with E-state index in [0.717, 1.165) is 30.7 Å². The average Bonchev–Trinajstić information content (AvgIpc) is 3.65. The third-order valence-corrected chi connectivity index (χ3v) is 10.9. The van der Waals surface area contributed by atoms with Crippen LogP contribution >= 0.6 is 11.3 Å². The van der Waals surface area contributed by atoms with Gasteiger partial charge in [-0.25, -0.2) is 10.0 Å². The molecule has 0 saturated carbocycles. The highest BCUT2D eigenvalue weighted by Crippen LogP contribution is 2.32. The number of rotatable bonds is 21. The Morgan fingerprint density at radius 2 is 1.80 bits per heavy atom. The van der Waals surface area contributed by atoms with Gasteiger partial charge in [0.1, 0.15) is 22.5 Å². The van der Waals surface area contributed by atoms with Gasteiger partial charge in [-0.1, -0.05) is 59.6 Å². The number of aliphatic hydroxyl groups excluding tert-OH is 1. The molecule has 2 aromatic rings. The second-order valence-electron chi connectivity index (χ2n) is 14.8.